The van der Waals surface area contributed by atoms with Crippen molar-refractivity contribution in [3.05, 3.63) is 23.4 Å². The molecule has 2 aliphatic heterocycles. The van der Waals surface area contributed by atoms with E-state index in [0.29, 0.717) is 25.3 Å². The van der Waals surface area contributed by atoms with Crippen molar-refractivity contribution in [1.29, 1.82) is 5.26 Å². The number of anilines is 1. The highest BCUT2D eigenvalue weighted by Gasteiger charge is 2.42. The zero-order chi connectivity index (χ0) is 16.4. The molecule has 1 aromatic rings. The Morgan fingerprint density at radius 2 is 2.35 bits per heavy atom. The summed E-state index contributed by atoms with van der Waals surface area (Å²) >= 11 is 0. The van der Waals surface area contributed by atoms with Crippen molar-refractivity contribution in [3.8, 4) is 6.07 Å². The van der Waals surface area contributed by atoms with E-state index < -0.39 is 0 Å². The van der Waals surface area contributed by atoms with Crippen LogP contribution in [0.2, 0.25) is 0 Å². The molecule has 0 aromatic carbocycles. The van der Waals surface area contributed by atoms with E-state index in [0.717, 1.165) is 24.5 Å². The van der Waals surface area contributed by atoms with Gasteiger partial charge in [0.25, 0.3) is 0 Å². The van der Waals surface area contributed by atoms with Crippen molar-refractivity contribution >= 4 is 11.8 Å². The SMILES string of the molecule is COCCN1C(=O)N[C@@H]2CN(c3nc(C)ccc3C#N)CC[C@@H]21. The molecule has 7 nitrogen and oxygen atoms in total. The number of amides is 2. The second kappa shape index (κ2) is 6.42. The lowest BCUT2D eigenvalue weighted by molar-refractivity contribution is 0.140. The molecular weight excluding hydrogens is 294 g/mol. The number of ether oxygens (including phenoxy) is 1. The molecule has 122 valence electrons. The molecule has 1 N–H and O–H groups in total. The number of nitriles is 1. The lowest BCUT2D eigenvalue weighted by atomic mass is 9.99. The van der Waals surface area contributed by atoms with Gasteiger partial charge in [0, 0.05) is 32.4 Å². The minimum absolute atomic E-state index is 0.0309. The predicted octanol–water partition coefficient (Wildman–Crippen LogP) is 0.881. The highest BCUT2D eigenvalue weighted by molar-refractivity contribution is 5.78. The number of nitrogens with one attached hydrogen (secondary N) is 1. The maximum absolute atomic E-state index is 12.1. The first kappa shape index (κ1) is 15.6. The third kappa shape index (κ3) is 2.94. The molecule has 0 spiro atoms. The van der Waals surface area contributed by atoms with Gasteiger partial charge in [0.1, 0.15) is 11.9 Å². The Hall–Kier alpha value is -2.33. The van der Waals surface area contributed by atoms with E-state index in [9.17, 15) is 10.1 Å². The number of pyridine rings is 1. The van der Waals surface area contributed by atoms with Crippen molar-refractivity contribution in [1.82, 2.24) is 15.2 Å². The summed E-state index contributed by atoms with van der Waals surface area (Å²) in [4.78, 5) is 20.6. The van der Waals surface area contributed by atoms with E-state index in [1.54, 1.807) is 7.11 Å². The lowest BCUT2D eigenvalue weighted by Gasteiger charge is -2.37. The smallest absolute Gasteiger partial charge is 0.318 e. The number of hydrogen-bond acceptors (Lipinski definition) is 5. The molecule has 3 heterocycles. The summed E-state index contributed by atoms with van der Waals surface area (Å²) in [5.74, 6) is 0.718. The Labute approximate surface area is 135 Å². The van der Waals surface area contributed by atoms with Crippen LogP contribution in [-0.2, 0) is 4.74 Å². The standard InChI is InChI=1S/C16H21N5O2/c1-11-3-4-12(9-17)15(18-11)20-6-5-14-13(10-20)19-16(22)21(14)7-8-23-2/h3-4,13-14H,5-8,10H2,1-2H3,(H,19,22)/t13-,14+/m1/s1. The Kier molecular flexibility index (Phi) is 4.35. The average molecular weight is 315 g/mol. The van der Waals surface area contributed by atoms with Crippen LogP contribution in [0.4, 0.5) is 10.6 Å². The molecular formula is C16H21N5O2. The van der Waals surface area contributed by atoms with Gasteiger partial charge in [0.15, 0.2) is 0 Å². The first-order valence-corrected chi connectivity index (χ1v) is 7.83. The first-order valence-electron chi connectivity index (χ1n) is 7.83. The number of rotatable bonds is 4. The number of fused-ring (bicyclic) bond motifs is 1. The van der Waals surface area contributed by atoms with Crippen molar-refractivity contribution in [2.24, 2.45) is 0 Å². The number of piperidine rings is 1. The quantitative estimate of drug-likeness (QED) is 0.892. The molecule has 0 saturated carbocycles. The molecule has 0 bridgehead atoms. The topological polar surface area (TPSA) is 81.5 Å². The van der Waals surface area contributed by atoms with E-state index in [4.69, 9.17) is 4.74 Å². The minimum Gasteiger partial charge on any atom is -0.383 e. The highest BCUT2D eigenvalue weighted by Crippen LogP contribution is 2.27. The van der Waals surface area contributed by atoms with Crippen LogP contribution < -0.4 is 10.2 Å². The molecule has 23 heavy (non-hydrogen) atoms. The van der Waals surface area contributed by atoms with Crippen LogP contribution in [0.3, 0.4) is 0 Å². The van der Waals surface area contributed by atoms with Crippen LogP contribution >= 0.6 is 0 Å². The zero-order valence-corrected chi connectivity index (χ0v) is 13.5. The molecule has 0 aliphatic carbocycles. The third-order valence-corrected chi connectivity index (χ3v) is 4.52. The number of methoxy groups -OCH3 is 1. The molecule has 2 aliphatic rings. The van der Waals surface area contributed by atoms with Crippen LogP contribution in [0.1, 0.15) is 17.7 Å². The van der Waals surface area contributed by atoms with E-state index in [1.165, 1.54) is 0 Å². The fourth-order valence-electron chi connectivity index (χ4n) is 3.37. The average Bonchev–Trinajstić information content (AvgIpc) is 2.87. The maximum Gasteiger partial charge on any atom is 0.318 e. The normalized spacial score (nSPS) is 23.4. The number of carbonyl (C=O) groups excluding carboxylic acids is 1. The van der Waals surface area contributed by atoms with Crippen LogP contribution in [0.5, 0.6) is 0 Å². The van der Waals surface area contributed by atoms with Gasteiger partial charge in [-0.25, -0.2) is 9.78 Å². The van der Waals surface area contributed by atoms with Gasteiger partial charge in [0.05, 0.1) is 24.3 Å². The predicted molar refractivity (Wildman–Crippen MR) is 85.2 cm³/mol. The second-order valence-electron chi connectivity index (χ2n) is 5.98. The molecule has 2 atom stereocenters. The molecule has 1 aromatic heterocycles. The largest absolute Gasteiger partial charge is 0.383 e. The summed E-state index contributed by atoms with van der Waals surface area (Å²) in [7, 11) is 1.64. The summed E-state index contributed by atoms with van der Waals surface area (Å²) in [6.45, 7) is 4.52. The Balaban J connectivity index is 1.76. The van der Waals surface area contributed by atoms with Crippen LogP contribution in [0.25, 0.3) is 0 Å². The van der Waals surface area contributed by atoms with Gasteiger partial charge in [0.2, 0.25) is 0 Å². The van der Waals surface area contributed by atoms with Gasteiger partial charge < -0.3 is 19.9 Å². The summed E-state index contributed by atoms with van der Waals surface area (Å²) in [6, 6.07) is 6.07. The molecule has 2 fully saturated rings. The second-order valence-corrected chi connectivity index (χ2v) is 5.98. The Bertz CT molecular complexity index is 642. The number of hydrogen-bond donors (Lipinski definition) is 1. The van der Waals surface area contributed by atoms with Crippen molar-refractivity contribution in [2.75, 3.05) is 38.3 Å². The molecule has 0 radical (unpaired) electrons. The van der Waals surface area contributed by atoms with Gasteiger partial charge in [-0.1, -0.05) is 0 Å². The summed E-state index contributed by atoms with van der Waals surface area (Å²) in [6.07, 6.45) is 0.855. The molecule has 3 rings (SSSR count). The number of nitrogens with zero attached hydrogens (tertiary/aromatic N) is 4. The summed E-state index contributed by atoms with van der Waals surface area (Å²) in [5.41, 5.74) is 1.47. The number of aromatic nitrogens is 1. The summed E-state index contributed by atoms with van der Waals surface area (Å²) < 4.78 is 5.09. The first-order chi connectivity index (χ1) is 11.1. The number of urea groups is 1. The van der Waals surface area contributed by atoms with Crippen molar-refractivity contribution < 1.29 is 9.53 Å². The molecule has 7 heteroatoms. The fraction of sp³-hybridized carbons (Fsp3) is 0.562. The fourth-order valence-corrected chi connectivity index (χ4v) is 3.37. The number of aryl methyl sites for hydroxylation is 1. The van der Waals surface area contributed by atoms with E-state index >= 15 is 0 Å². The van der Waals surface area contributed by atoms with E-state index in [-0.39, 0.29) is 18.1 Å². The molecule has 2 amide bonds. The van der Waals surface area contributed by atoms with Gasteiger partial charge in [-0.3, -0.25) is 0 Å². The third-order valence-electron chi connectivity index (χ3n) is 4.52. The molecule has 0 unspecified atom stereocenters. The molecule has 2 saturated heterocycles. The van der Waals surface area contributed by atoms with Crippen LogP contribution in [0, 0.1) is 18.3 Å². The monoisotopic (exact) mass is 315 g/mol. The summed E-state index contributed by atoms with van der Waals surface area (Å²) in [5, 5.41) is 12.3. The lowest BCUT2D eigenvalue weighted by Crippen LogP contribution is -2.52. The van der Waals surface area contributed by atoms with Crippen LogP contribution in [-0.4, -0.2) is 61.3 Å². The van der Waals surface area contributed by atoms with E-state index in [1.807, 2.05) is 24.0 Å². The minimum atomic E-state index is -0.0309. The Morgan fingerprint density at radius 3 is 3.09 bits per heavy atom. The van der Waals surface area contributed by atoms with Crippen molar-refractivity contribution in [2.45, 2.75) is 25.4 Å². The van der Waals surface area contributed by atoms with Crippen molar-refractivity contribution in [3.63, 3.8) is 0 Å². The zero-order valence-electron chi connectivity index (χ0n) is 13.5. The van der Waals surface area contributed by atoms with Crippen LogP contribution in [0.15, 0.2) is 12.1 Å². The maximum atomic E-state index is 12.1. The highest BCUT2D eigenvalue weighted by atomic mass is 16.5. The van der Waals surface area contributed by atoms with Gasteiger partial charge in [-0.15, -0.1) is 0 Å². The van der Waals surface area contributed by atoms with Gasteiger partial charge >= 0.3 is 6.03 Å². The Morgan fingerprint density at radius 1 is 1.52 bits per heavy atom. The van der Waals surface area contributed by atoms with Gasteiger partial charge in [-0.2, -0.15) is 5.26 Å². The van der Waals surface area contributed by atoms with Gasteiger partial charge in [-0.05, 0) is 25.5 Å². The van der Waals surface area contributed by atoms with E-state index in [2.05, 4.69) is 21.3 Å². The number of carbonyl (C=O) groups is 1.